The Balaban J connectivity index is 2.02. The van der Waals surface area contributed by atoms with Gasteiger partial charge in [0.1, 0.15) is 5.65 Å². The number of anilines is 1. The number of pyridine rings is 1. The standard InChI is InChI=1S/C12H15N3/c1-2-13-10-5-6-15-8-11(9-3-4-9)14-12(15)7-10/h5-9,13H,2-4H2,1H3. The van der Waals surface area contributed by atoms with Crippen molar-refractivity contribution >= 4 is 11.3 Å². The van der Waals surface area contributed by atoms with Gasteiger partial charge < -0.3 is 9.72 Å². The van der Waals surface area contributed by atoms with Crippen molar-refractivity contribution in [3.05, 3.63) is 30.2 Å². The fraction of sp³-hybridized carbons (Fsp3) is 0.417. The summed E-state index contributed by atoms with van der Waals surface area (Å²) >= 11 is 0. The molecule has 15 heavy (non-hydrogen) atoms. The van der Waals surface area contributed by atoms with E-state index >= 15 is 0 Å². The Morgan fingerprint density at radius 1 is 1.53 bits per heavy atom. The van der Waals surface area contributed by atoms with Crippen LogP contribution in [0, 0.1) is 0 Å². The van der Waals surface area contributed by atoms with Gasteiger partial charge in [-0.15, -0.1) is 0 Å². The number of hydrogen-bond acceptors (Lipinski definition) is 2. The number of nitrogens with one attached hydrogen (secondary N) is 1. The van der Waals surface area contributed by atoms with Gasteiger partial charge in [0.05, 0.1) is 5.69 Å². The van der Waals surface area contributed by atoms with E-state index in [1.165, 1.54) is 18.5 Å². The lowest BCUT2D eigenvalue weighted by atomic mass is 10.3. The zero-order chi connectivity index (χ0) is 10.3. The number of aromatic nitrogens is 2. The molecule has 1 aliphatic rings. The summed E-state index contributed by atoms with van der Waals surface area (Å²) in [7, 11) is 0. The van der Waals surface area contributed by atoms with Gasteiger partial charge >= 0.3 is 0 Å². The SMILES string of the molecule is CCNc1ccn2cc(C3CC3)nc2c1. The Kier molecular flexibility index (Phi) is 1.91. The highest BCUT2D eigenvalue weighted by atomic mass is 15.0. The molecule has 1 fully saturated rings. The molecule has 1 N–H and O–H groups in total. The van der Waals surface area contributed by atoms with E-state index in [0.717, 1.165) is 23.8 Å². The molecule has 2 aromatic rings. The van der Waals surface area contributed by atoms with Crippen LogP contribution in [0.5, 0.6) is 0 Å². The monoisotopic (exact) mass is 201 g/mol. The molecule has 0 bridgehead atoms. The molecular weight excluding hydrogens is 186 g/mol. The van der Waals surface area contributed by atoms with Gasteiger partial charge in [0.2, 0.25) is 0 Å². The van der Waals surface area contributed by atoms with Crippen LogP contribution < -0.4 is 5.32 Å². The maximum Gasteiger partial charge on any atom is 0.139 e. The Bertz CT molecular complexity index is 483. The summed E-state index contributed by atoms with van der Waals surface area (Å²) in [6.07, 6.45) is 6.85. The van der Waals surface area contributed by atoms with Crippen LogP contribution in [0.25, 0.3) is 5.65 Å². The van der Waals surface area contributed by atoms with Crippen molar-refractivity contribution in [1.29, 1.82) is 0 Å². The minimum absolute atomic E-state index is 0.729. The second kappa shape index (κ2) is 3.26. The molecule has 0 amide bonds. The normalized spacial score (nSPS) is 15.8. The number of imidazole rings is 1. The summed E-state index contributed by atoms with van der Waals surface area (Å²) in [5.41, 5.74) is 3.46. The van der Waals surface area contributed by atoms with Gasteiger partial charge in [-0.2, -0.15) is 0 Å². The Hall–Kier alpha value is -1.51. The first-order valence-corrected chi connectivity index (χ1v) is 5.59. The molecule has 3 heteroatoms. The molecule has 0 atom stereocenters. The third-order valence-corrected chi connectivity index (χ3v) is 2.86. The van der Waals surface area contributed by atoms with Crippen molar-refractivity contribution in [2.75, 3.05) is 11.9 Å². The van der Waals surface area contributed by atoms with E-state index in [1.807, 2.05) is 0 Å². The second-order valence-electron chi connectivity index (χ2n) is 4.15. The molecule has 78 valence electrons. The molecular formula is C12H15N3. The lowest BCUT2D eigenvalue weighted by Gasteiger charge is -2.02. The van der Waals surface area contributed by atoms with E-state index in [9.17, 15) is 0 Å². The third-order valence-electron chi connectivity index (χ3n) is 2.86. The van der Waals surface area contributed by atoms with Crippen molar-refractivity contribution in [2.24, 2.45) is 0 Å². The van der Waals surface area contributed by atoms with Crippen LogP contribution in [0.3, 0.4) is 0 Å². The average molecular weight is 201 g/mol. The van der Waals surface area contributed by atoms with Gasteiger partial charge in [-0.1, -0.05) is 0 Å². The zero-order valence-electron chi connectivity index (χ0n) is 8.90. The van der Waals surface area contributed by atoms with Gasteiger partial charge in [-0.3, -0.25) is 0 Å². The molecule has 0 aromatic carbocycles. The molecule has 0 unspecified atom stereocenters. The van der Waals surface area contributed by atoms with Crippen molar-refractivity contribution < 1.29 is 0 Å². The summed E-state index contributed by atoms with van der Waals surface area (Å²) < 4.78 is 2.11. The van der Waals surface area contributed by atoms with Crippen LogP contribution >= 0.6 is 0 Å². The van der Waals surface area contributed by atoms with Crippen LogP contribution in [-0.4, -0.2) is 15.9 Å². The molecule has 2 heterocycles. The number of hydrogen-bond donors (Lipinski definition) is 1. The van der Waals surface area contributed by atoms with E-state index in [-0.39, 0.29) is 0 Å². The maximum absolute atomic E-state index is 4.64. The van der Waals surface area contributed by atoms with Gasteiger partial charge in [-0.05, 0) is 25.8 Å². The van der Waals surface area contributed by atoms with Crippen LogP contribution in [-0.2, 0) is 0 Å². The molecule has 1 aliphatic carbocycles. The summed E-state index contributed by atoms with van der Waals surface area (Å²) in [4.78, 5) is 4.64. The lowest BCUT2D eigenvalue weighted by Crippen LogP contribution is -1.96. The number of nitrogens with zero attached hydrogens (tertiary/aromatic N) is 2. The van der Waals surface area contributed by atoms with E-state index in [4.69, 9.17) is 0 Å². The molecule has 0 aliphatic heterocycles. The number of rotatable bonds is 3. The molecule has 0 saturated heterocycles. The predicted octanol–water partition coefficient (Wildman–Crippen LogP) is 2.64. The van der Waals surface area contributed by atoms with E-state index < -0.39 is 0 Å². The van der Waals surface area contributed by atoms with Gasteiger partial charge in [0.15, 0.2) is 0 Å². The summed E-state index contributed by atoms with van der Waals surface area (Å²) in [5, 5.41) is 3.30. The van der Waals surface area contributed by atoms with Crippen LogP contribution in [0.15, 0.2) is 24.5 Å². The van der Waals surface area contributed by atoms with Gasteiger partial charge in [0.25, 0.3) is 0 Å². The van der Waals surface area contributed by atoms with Crippen molar-refractivity contribution in [3.63, 3.8) is 0 Å². The molecule has 2 aromatic heterocycles. The molecule has 3 rings (SSSR count). The first-order chi connectivity index (χ1) is 7.36. The van der Waals surface area contributed by atoms with Crippen molar-refractivity contribution in [3.8, 4) is 0 Å². The van der Waals surface area contributed by atoms with Gasteiger partial charge in [-0.25, -0.2) is 4.98 Å². The van der Waals surface area contributed by atoms with Crippen LogP contribution in [0.4, 0.5) is 5.69 Å². The summed E-state index contributed by atoms with van der Waals surface area (Å²) in [5.74, 6) is 0.729. The second-order valence-corrected chi connectivity index (χ2v) is 4.15. The summed E-state index contributed by atoms with van der Waals surface area (Å²) in [6, 6.07) is 4.20. The maximum atomic E-state index is 4.64. The minimum Gasteiger partial charge on any atom is -0.385 e. The molecule has 3 nitrogen and oxygen atoms in total. The Morgan fingerprint density at radius 2 is 2.40 bits per heavy atom. The number of fused-ring (bicyclic) bond motifs is 1. The molecule has 0 radical (unpaired) electrons. The summed E-state index contributed by atoms with van der Waals surface area (Å²) in [6.45, 7) is 3.05. The third kappa shape index (κ3) is 1.58. The largest absolute Gasteiger partial charge is 0.385 e. The van der Waals surface area contributed by atoms with E-state index in [1.54, 1.807) is 0 Å². The van der Waals surface area contributed by atoms with Gasteiger partial charge in [0, 0.05) is 36.6 Å². The minimum atomic E-state index is 0.729. The highest BCUT2D eigenvalue weighted by Crippen LogP contribution is 2.39. The zero-order valence-corrected chi connectivity index (χ0v) is 8.90. The van der Waals surface area contributed by atoms with Crippen LogP contribution in [0.1, 0.15) is 31.4 Å². The van der Waals surface area contributed by atoms with Crippen LogP contribution in [0.2, 0.25) is 0 Å². The first kappa shape index (κ1) is 8.77. The topological polar surface area (TPSA) is 29.3 Å². The van der Waals surface area contributed by atoms with E-state index in [0.29, 0.717) is 0 Å². The molecule has 0 spiro atoms. The fourth-order valence-electron chi connectivity index (χ4n) is 1.89. The predicted molar refractivity (Wildman–Crippen MR) is 61.3 cm³/mol. The van der Waals surface area contributed by atoms with E-state index in [2.05, 4.69) is 46.2 Å². The quantitative estimate of drug-likeness (QED) is 0.827. The first-order valence-electron chi connectivity index (χ1n) is 5.59. The average Bonchev–Trinajstić information content (AvgIpc) is 2.99. The Morgan fingerprint density at radius 3 is 3.13 bits per heavy atom. The highest BCUT2D eigenvalue weighted by Gasteiger charge is 2.26. The van der Waals surface area contributed by atoms with Crippen molar-refractivity contribution in [1.82, 2.24) is 9.38 Å². The lowest BCUT2D eigenvalue weighted by molar-refractivity contribution is 1.06. The fourth-order valence-corrected chi connectivity index (χ4v) is 1.89. The molecule has 1 saturated carbocycles. The van der Waals surface area contributed by atoms with Crippen molar-refractivity contribution in [2.45, 2.75) is 25.7 Å². The Labute approximate surface area is 89.1 Å². The highest BCUT2D eigenvalue weighted by molar-refractivity contribution is 5.55. The smallest absolute Gasteiger partial charge is 0.139 e.